The molecule has 2 amide bonds. The molecule has 3 heterocycles. The summed E-state index contributed by atoms with van der Waals surface area (Å²) in [6, 6.07) is 4.95. The Morgan fingerprint density at radius 3 is 2.32 bits per heavy atom. The molecule has 0 N–H and O–H groups in total. The second kappa shape index (κ2) is 11.5. The number of hydrogen-bond donors (Lipinski definition) is 0. The number of allylic oxidation sites excluding steroid dienone is 1. The van der Waals surface area contributed by atoms with Crippen LogP contribution in [0.25, 0.3) is 0 Å². The molecule has 0 radical (unpaired) electrons. The van der Waals surface area contributed by atoms with Gasteiger partial charge in [-0.1, -0.05) is 17.8 Å². The predicted octanol–water partition coefficient (Wildman–Crippen LogP) is 3.31. The molecule has 1 fully saturated rings. The van der Waals surface area contributed by atoms with Gasteiger partial charge in [0, 0.05) is 38.8 Å². The summed E-state index contributed by atoms with van der Waals surface area (Å²) in [5.41, 5.74) is 2.50. The van der Waals surface area contributed by atoms with Gasteiger partial charge in [0.1, 0.15) is 0 Å². The van der Waals surface area contributed by atoms with Gasteiger partial charge in [0.25, 0.3) is 0 Å². The van der Waals surface area contributed by atoms with E-state index in [1.165, 1.54) is 11.8 Å². The fourth-order valence-corrected chi connectivity index (χ4v) is 5.75. The first-order chi connectivity index (χ1) is 18.1. The summed E-state index contributed by atoms with van der Waals surface area (Å²) >= 11 is 1.42. The van der Waals surface area contributed by atoms with Crippen molar-refractivity contribution >= 4 is 34.7 Å². The maximum Gasteiger partial charge on any atom is 0.338 e. The van der Waals surface area contributed by atoms with Gasteiger partial charge in [-0.25, -0.2) is 9.79 Å². The number of rotatable bonds is 7. The Kier molecular flexibility index (Phi) is 8.35. The molecule has 1 aromatic carbocycles. The standard InChI is InChI=1S/C27H34N4O6S/c1-16(2)37-26(34)24-17(3)28-27-31(25(24)19-7-8-21(35-5)22(13-19)36-6)20(15-38-27)14-23(33)30-11-9-29(10-12-30)18(4)32/h7-8,13,15-16,25H,9-12,14H2,1-6H3/t25-/m0/s1. The van der Waals surface area contributed by atoms with E-state index in [0.717, 1.165) is 11.3 Å². The summed E-state index contributed by atoms with van der Waals surface area (Å²) in [4.78, 5) is 48.6. The Hall–Kier alpha value is -3.47. The smallest absolute Gasteiger partial charge is 0.338 e. The molecule has 0 unspecified atom stereocenters. The molecule has 10 nitrogen and oxygen atoms in total. The number of thioether (sulfide) groups is 1. The van der Waals surface area contributed by atoms with Crippen LogP contribution in [0.4, 0.5) is 0 Å². The zero-order chi connectivity index (χ0) is 27.6. The minimum absolute atomic E-state index is 0.0157. The van der Waals surface area contributed by atoms with Crippen molar-refractivity contribution in [2.24, 2.45) is 4.99 Å². The molecule has 38 heavy (non-hydrogen) atoms. The minimum Gasteiger partial charge on any atom is -0.493 e. The number of hydrogen-bond acceptors (Lipinski definition) is 9. The van der Waals surface area contributed by atoms with Gasteiger partial charge in [-0.05, 0) is 43.9 Å². The third-order valence-corrected chi connectivity index (χ3v) is 7.59. The highest BCUT2D eigenvalue weighted by Gasteiger charge is 2.42. The summed E-state index contributed by atoms with van der Waals surface area (Å²) in [5.74, 6) is 0.620. The molecule has 1 atom stereocenters. The van der Waals surface area contributed by atoms with Crippen LogP contribution in [0.5, 0.6) is 11.5 Å². The largest absolute Gasteiger partial charge is 0.493 e. The number of ether oxygens (including phenoxy) is 3. The molecule has 0 bridgehead atoms. The first-order valence-corrected chi connectivity index (χ1v) is 13.4. The van der Waals surface area contributed by atoms with Crippen molar-refractivity contribution in [3.63, 3.8) is 0 Å². The number of methoxy groups -OCH3 is 2. The number of benzene rings is 1. The number of aliphatic imine (C=N–C) groups is 1. The van der Waals surface area contributed by atoms with E-state index in [4.69, 9.17) is 19.2 Å². The van der Waals surface area contributed by atoms with Crippen molar-refractivity contribution in [3.05, 3.63) is 46.1 Å². The highest BCUT2D eigenvalue weighted by Crippen LogP contribution is 2.46. The third kappa shape index (κ3) is 5.52. The Bertz CT molecular complexity index is 1220. The van der Waals surface area contributed by atoms with Crippen LogP contribution in [0.1, 0.15) is 45.7 Å². The highest BCUT2D eigenvalue weighted by atomic mass is 32.2. The van der Waals surface area contributed by atoms with Gasteiger partial charge >= 0.3 is 5.97 Å². The molecule has 0 spiro atoms. The first kappa shape index (κ1) is 27.6. The summed E-state index contributed by atoms with van der Waals surface area (Å²) in [6.07, 6.45) is -0.168. The van der Waals surface area contributed by atoms with Gasteiger partial charge < -0.3 is 28.9 Å². The molecule has 0 saturated carbocycles. The van der Waals surface area contributed by atoms with Crippen molar-refractivity contribution in [2.45, 2.75) is 46.3 Å². The number of carbonyl (C=O) groups is 3. The van der Waals surface area contributed by atoms with Crippen LogP contribution in [-0.4, -0.2) is 84.2 Å². The number of carbonyl (C=O) groups excluding carboxylic acids is 3. The van der Waals surface area contributed by atoms with E-state index in [-0.39, 0.29) is 24.3 Å². The van der Waals surface area contributed by atoms with Crippen molar-refractivity contribution in [2.75, 3.05) is 40.4 Å². The summed E-state index contributed by atoms with van der Waals surface area (Å²) < 4.78 is 16.6. The summed E-state index contributed by atoms with van der Waals surface area (Å²) in [7, 11) is 3.13. The Balaban J connectivity index is 1.67. The van der Waals surface area contributed by atoms with Crippen molar-refractivity contribution in [1.82, 2.24) is 14.7 Å². The van der Waals surface area contributed by atoms with Gasteiger partial charge in [-0.15, -0.1) is 0 Å². The molecule has 1 saturated heterocycles. The van der Waals surface area contributed by atoms with Crippen LogP contribution >= 0.6 is 11.8 Å². The Labute approximate surface area is 227 Å². The van der Waals surface area contributed by atoms with Crippen LogP contribution in [0, 0.1) is 0 Å². The van der Waals surface area contributed by atoms with Gasteiger partial charge in [-0.2, -0.15) is 0 Å². The van der Waals surface area contributed by atoms with Crippen molar-refractivity contribution < 1.29 is 28.6 Å². The molecular formula is C27H34N4O6S. The molecule has 1 aromatic rings. The topological polar surface area (TPSA) is 101 Å². The highest BCUT2D eigenvalue weighted by molar-refractivity contribution is 8.16. The third-order valence-electron chi connectivity index (χ3n) is 6.70. The van der Waals surface area contributed by atoms with Gasteiger partial charge in [0.15, 0.2) is 16.7 Å². The van der Waals surface area contributed by atoms with Crippen LogP contribution in [-0.2, 0) is 19.1 Å². The normalized spacial score (nSPS) is 19.2. The Morgan fingerprint density at radius 2 is 1.71 bits per heavy atom. The second-order valence-electron chi connectivity index (χ2n) is 9.53. The fourth-order valence-electron chi connectivity index (χ4n) is 4.78. The van der Waals surface area contributed by atoms with E-state index in [0.29, 0.717) is 54.1 Å². The lowest BCUT2D eigenvalue weighted by Crippen LogP contribution is -2.50. The van der Waals surface area contributed by atoms with E-state index in [1.807, 2.05) is 22.4 Å². The average molecular weight is 543 g/mol. The predicted molar refractivity (Wildman–Crippen MR) is 145 cm³/mol. The lowest BCUT2D eigenvalue weighted by Gasteiger charge is -2.38. The molecule has 0 aromatic heterocycles. The molecular weight excluding hydrogens is 508 g/mol. The number of fused-ring (bicyclic) bond motifs is 1. The Morgan fingerprint density at radius 1 is 1.05 bits per heavy atom. The maximum atomic E-state index is 13.4. The molecule has 3 aliphatic rings. The first-order valence-electron chi connectivity index (χ1n) is 12.5. The number of piperazine rings is 1. The monoisotopic (exact) mass is 542 g/mol. The van der Waals surface area contributed by atoms with Gasteiger partial charge in [0.05, 0.1) is 44.1 Å². The second-order valence-corrected chi connectivity index (χ2v) is 10.4. The molecule has 4 rings (SSSR count). The quantitative estimate of drug-likeness (QED) is 0.484. The van der Waals surface area contributed by atoms with E-state index in [1.54, 1.807) is 57.8 Å². The van der Waals surface area contributed by atoms with E-state index in [9.17, 15) is 14.4 Å². The molecule has 11 heteroatoms. The fraction of sp³-hybridized carbons (Fsp3) is 0.481. The van der Waals surface area contributed by atoms with Gasteiger partial charge in [-0.3, -0.25) is 9.59 Å². The van der Waals surface area contributed by atoms with Crippen LogP contribution < -0.4 is 9.47 Å². The zero-order valence-corrected chi connectivity index (χ0v) is 23.5. The number of amides is 2. The maximum absolute atomic E-state index is 13.4. The van der Waals surface area contributed by atoms with E-state index >= 15 is 0 Å². The number of amidine groups is 1. The van der Waals surface area contributed by atoms with Crippen LogP contribution in [0.3, 0.4) is 0 Å². The van der Waals surface area contributed by atoms with Crippen molar-refractivity contribution in [1.29, 1.82) is 0 Å². The van der Waals surface area contributed by atoms with Crippen molar-refractivity contribution in [3.8, 4) is 11.5 Å². The molecule has 3 aliphatic heterocycles. The molecule has 204 valence electrons. The minimum atomic E-state index is -0.572. The van der Waals surface area contributed by atoms with E-state index < -0.39 is 12.0 Å². The SMILES string of the molecule is COc1ccc([C@H]2C(C(=O)OC(C)C)=C(C)N=C3SC=C(CC(=O)N4CCN(C(C)=O)CC4)N32)cc1OC. The summed E-state index contributed by atoms with van der Waals surface area (Å²) in [6.45, 7) is 8.97. The van der Waals surface area contributed by atoms with Gasteiger partial charge in [0.2, 0.25) is 11.8 Å². The lowest BCUT2D eigenvalue weighted by atomic mass is 9.93. The lowest BCUT2D eigenvalue weighted by molar-refractivity contribution is -0.143. The number of esters is 1. The van der Waals surface area contributed by atoms with Crippen LogP contribution in [0.2, 0.25) is 0 Å². The molecule has 0 aliphatic carbocycles. The summed E-state index contributed by atoms with van der Waals surface area (Å²) in [5, 5.41) is 2.60. The zero-order valence-electron chi connectivity index (χ0n) is 22.6. The number of nitrogens with zero attached hydrogens (tertiary/aromatic N) is 4. The average Bonchev–Trinajstić information content (AvgIpc) is 3.28. The van der Waals surface area contributed by atoms with E-state index in [2.05, 4.69) is 0 Å². The van der Waals surface area contributed by atoms with Crippen LogP contribution in [0.15, 0.2) is 45.6 Å².